The van der Waals surface area contributed by atoms with E-state index in [0.29, 0.717) is 33.4 Å². The Balaban J connectivity index is 1.59. The summed E-state index contributed by atoms with van der Waals surface area (Å²) in [6, 6.07) is 14.0. The number of halogens is 10. The monoisotopic (exact) mass is 966 g/mol. The number of alkyl halides is 9. The average Bonchev–Trinajstić information content (AvgIpc) is 3.16. The molecule has 0 N–H and O–H groups in total. The van der Waals surface area contributed by atoms with Crippen LogP contribution in [0.2, 0.25) is 0 Å². The van der Waals surface area contributed by atoms with E-state index in [1.54, 1.807) is 24.3 Å². The summed E-state index contributed by atoms with van der Waals surface area (Å²) in [5, 5.41) is 0. The van der Waals surface area contributed by atoms with Crippen LogP contribution in [0, 0.1) is 0 Å². The van der Waals surface area contributed by atoms with E-state index in [-0.39, 0.29) is 71.9 Å². The minimum atomic E-state index is -5.77. The van der Waals surface area contributed by atoms with Crippen LogP contribution in [0.15, 0.2) is 60.7 Å². The topological polar surface area (TPSA) is 36.9 Å². The predicted octanol–water partition coefficient (Wildman–Crippen LogP) is 14.5. The molecule has 5 aliphatic heterocycles. The molecule has 5 heterocycles. The van der Waals surface area contributed by atoms with Crippen molar-refractivity contribution in [3.05, 3.63) is 144 Å². The van der Waals surface area contributed by atoms with Crippen LogP contribution in [-0.2, 0) is 65.9 Å². The van der Waals surface area contributed by atoms with Crippen LogP contribution in [0.25, 0.3) is 0 Å². The van der Waals surface area contributed by atoms with E-state index in [1.165, 1.54) is 0 Å². The first kappa shape index (κ1) is 50.1. The van der Waals surface area contributed by atoms with Crippen molar-refractivity contribution in [2.75, 3.05) is 0 Å². The first-order chi connectivity index (χ1) is 31.5. The maximum atomic E-state index is 16.7. The Hall–Kier alpha value is -5.27. The first-order valence-corrected chi connectivity index (χ1v) is 22.8. The van der Waals surface area contributed by atoms with Gasteiger partial charge in [-0.3, -0.25) is 0 Å². The maximum Gasteiger partial charge on any atom is 0.830 e. The Kier molecular flexibility index (Phi) is 11.9. The highest BCUT2D eigenvalue weighted by molar-refractivity contribution is 6.64. The molecule has 0 unspecified atom stereocenters. The van der Waals surface area contributed by atoms with Gasteiger partial charge in [-0.1, -0.05) is 132 Å². The SMILES string of the molecule is CC(C)(C)c1cc2c3c(c1)Cc1cc(C(C)(C)C)cc4c1OB(c1c(C(F)(F)F)cc(C(F)(F)F)cc1C(F)(F)F)Oc1c(cc(C(C)(C)C)cc1C4)Cc1cc(C(C)(C)C)cc(c1OB(F)O3)C2. The van der Waals surface area contributed by atoms with Gasteiger partial charge in [-0.15, -0.1) is 0 Å². The predicted molar refractivity (Wildman–Crippen MR) is 248 cm³/mol. The molecular formula is C53H54B2F10O4. The molecule has 6 aliphatic rings. The van der Waals surface area contributed by atoms with Crippen LogP contribution >= 0.6 is 0 Å². The van der Waals surface area contributed by atoms with Gasteiger partial charge in [0.15, 0.2) is 0 Å². The van der Waals surface area contributed by atoms with Crippen molar-refractivity contribution in [3.63, 3.8) is 0 Å². The number of hydrogen-bond acceptors (Lipinski definition) is 4. The lowest BCUT2D eigenvalue weighted by Gasteiger charge is -2.33. The summed E-state index contributed by atoms with van der Waals surface area (Å²) < 4.78 is 177. The van der Waals surface area contributed by atoms with E-state index in [4.69, 9.17) is 18.6 Å². The fourth-order valence-electron chi connectivity index (χ4n) is 9.33. The van der Waals surface area contributed by atoms with Crippen molar-refractivity contribution < 1.29 is 62.4 Å². The van der Waals surface area contributed by atoms with Gasteiger partial charge in [0, 0.05) is 31.1 Å². The summed E-state index contributed by atoms with van der Waals surface area (Å²) in [7, 11) is -4.96. The van der Waals surface area contributed by atoms with E-state index >= 15 is 30.7 Å². The molecular weight excluding hydrogens is 912 g/mol. The molecule has 5 aromatic rings. The number of benzene rings is 5. The first-order valence-electron chi connectivity index (χ1n) is 22.8. The minimum Gasteiger partial charge on any atom is -0.522 e. The van der Waals surface area contributed by atoms with Crippen molar-refractivity contribution >= 4 is 20.0 Å². The van der Waals surface area contributed by atoms with Gasteiger partial charge in [-0.05, 0) is 101 Å². The molecule has 16 heteroatoms. The van der Waals surface area contributed by atoms with E-state index in [2.05, 4.69) is 0 Å². The van der Waals surface area contributed by atoms with E-state index in [9.17, 15) is 13.2 Å². The van der Waals surface area contributed by atoms with Gasteiger partial charge < -0.3 is 18.6 Å². The zero-order valence-corrected chi connectivity index (χ0v) is 40.7. The van der Waals surface area contributed by atoms with Crippen LogP contribution < -0.4 is 24.1 Å². The molecule has 0 saturated heterocycles. The fraction of sp³-hybridized carbons (Fsp3) is 0.434. The molecule has 11 rings (SSSR count). The largest absolute Gasteiger partial charge is 0.830 e. The Bertz CT molecular complexity index is 2690. The fourth-order valence-corrected chi connectivity index (χ4v) is 9.33. The second kappa shape index (κ2) is 16.4. The lowest BCUT2D eigenvalue weighted by molar-refractivity contribution is -0.147. The van der Waals surface area contributed by atoms with Gasteiger partial charge in [0.1, 0.15) is 23.0 Å². The van der Waals surface area contributed by atoms with Gasteiger partial charge in [0.25, 0.3) is 0 Å². The zero-order valence-electron chi connectivity index (χ0n) is 40.7. The highest BCUT2D eigenvalue weighted by atomic mass is 19.4. The second-order valence-electron chi connectivity index (χ2n) is 22.8. The third-order valence-electron chi connectivity index (χ3n) is 13.2. The van der Waals surface area contributed by atoms with E-state index < -0.39 is 76.9 Å². The molecule has 0 fully saturated rings. The molecule has 1 aliphatic carbocycles. The molecule has 0 amide bonds. The van der Waals surface area contributed by atoms with E-state index in [0.717, 1.165) is 22.3 Å². The van der Waals surface area contributed by atoms with Crippen LogP contribution in [0.1, 0.15) is 167 Å². The van der Waals surface area contributed by atoms with Crippen molar-refractivity contribution in [2.45, 2.75) is 149 Å². The molecule has 69 heavy (non-hydrogen) atoms. The Morgan fingerprint density at radius 3 is 0.768 bits per heavy atom. The lowest BCUT2D eigenvalue weighted by Crippen LogP contribution is -2.50. The molecule has 5 aromatic carbocycles. The molecule has 4 nitrogen and oxygen atoms in total. The third-order valence-corrected chi connectivity index (χ3v) is 13.2. The third kappa shape index (κ3) is 9.92. The molecule has 0 atom stereocenters. The molecule has 366 valence electrons. The highest BCUT2D eigenvalue weighted by Crippen LogP contribution is 2.48. The number of rotatable bonds is 1. The Labute approximate surface area is 397 Å². The summed E-state index contributed by atoms with van der Waals surface area (Å²) in [5.41, 5.74) is -3.99. The smallest absolute Gasteiger partial charge is 0.522 e. The van der Waals surface area contributed by atoms with Gasteiger partial charge in [0.2, 0.25) is 0 Å². The lowest BCUT2D eigenvalue weighted by atomic mass is 9.70. The molecule has 12 bridgehead atoms. The average molecular weight is 967 g/mol. The number of hydrogen-bond donors (Lipinski definition) is 0. The summed E-state index contributed by atoms with van der Waals surface area (Å²) in [6.07, 6.45) is -17.2. The van der Waals surface area contributed by atoms with Crippen LogP contribution in [0.5, 0.6) is 23.0 Å². The zero-order chi connectivity index (χ0) is 50.9. The minimum absolute atomic E-state index is 0.0102. The maximum absolute atomic E-state index is 16.7. The van der Waals surface area contributed by atoms with E-state index in [1.807, 2.05) is 107 Å². The van der Waals surface area contributed by atoms with Crippen molar-refractivity contribution in [2.24, 2.45) is 0 Å². The van der Waals surface area contributed by atoms with Gasteiger partial charge in [-0.25, -0.2) is 4.32 Å². The molecule has 0 spiro atoms. The van der Waals surface area contributed by atoms with Crippen LogP contribution in [-0.4, -0.2) is 14.5 Å². The van der Waals surface area contributed by atoms with Gasteiger partial charge in [-0.2, -0.15) is 39.5 Å². The summed E-state index contributed by atoms with van der Waals surface area (Å²) in [5.74, 6) is -0.0296. The Morgan fingerprint density at radius 2 is 0.565 bits per heavy atom. The quantitative estimate of drug-likeness (QED) is 0.122. The summed E-state index contributed by atoms with van der Waals surface area (Å²) in [4.78, 5) is 0. The molecule has 0 saturated carbocycles. The van der Waals surface area contributed by atoms with Crippen molar-refractivity contribution in [3.8, 4) is 23.0 Å². The molecule has 0 aromatic heterocycles. The van der Waals surface area contributed by atoms with Crippen molar-refractivity contribution in [1.82, 2.24) is 0 Å². The standard InChI is InChI=1S/C53H54B2F10O4/c1-47(2,3)35-17-27-13-28-18-36(48(4,5)6)20-30-15-32-22-38(50(10,11)12)24-34-16-33-23-37(49(7,8)9)21-31(45(33)68-55(65)69-46(32)34)14-29(19-35)43(27)66-54(67-44(28)30)42-40(52(59,60)61)25-39(51(56,57)58)26-41(42)53(62,63)64/h17-26H,13-16H2,1-12H3. The second-order valence-corrected chi connectivity index (χ2v) is 22.8. The molecule has 0 radical (unpaired) electrons. The summed E-state index contributed by atoms with van der Waals surface area (Å²) >= 11 is 0. The normalized spacial score (nSPS) is 15.6. The Morgan fingerprint density at radius 1 is 0.333 bits per heavy atom. The van der Waals surface area contributed by atoms with Gasteiger partial charge in [0.05, 0.1) is 16.7 Å². The van der Waals surface area contributed by atoms with Crippen LogP contribution in [0.4, 0.5) is 43.8 Å². The van der Waals surface area contributed by atoms with Gasteiger partial charge >= 0.3 is 33.0 Å². The summed E-state index contributed by atoms with van der Waals surface area (Å²) in [6.45, 7) is 23.6. The van der Waals surface area contributed by atoms with Crippen molar-refractivity contribution in [1.29, 1.82) is 0 Å². The highest BCUT2D eigenvalue weighted by Gasteiger charge is 2.51. The van der Waals surface area contributed by atoms with Crippen LogP contribution in [0.3, 0.4) is 0 Å².